The summed E-state index contributed by atoms with van der Waals surface area (Å²) >= 11 is 0. The fourth-order valence-electron chi connectivity index (χ4n) is 2.04. The molecule has 0 amide bonds. The Kier molecular flexibility index (Phi) is 2.62. The molecule has 5 heteroatoms. The predicted molar refractivity (Wildman–Crippen MR) is 72.6 cm³/mol. The van der Waals surface area contributed by atoms with Crippen LogP contribution in [0.2, 0.25) is 0 Å². The first kappa shape index (κ1) is 11.2. The molecule has 0 aliphatic carbocycles. The van der Waals surface area contributed by atoms with Crippen LogP contribution in [0.1, 0.15) is 5.56 Å². The van der Waals surface area contributed by atoms with Crippen molar-refractivity contribution in [2.24, 2.45) is 0 Å². The lowest BCUT2D eigenvalue weighted by Crippen LogP contribution is -2.01. The van der Waals surface area contributed by atoms with Gasteiger partial charge in [0.2, 0.25) is 5.95 Å². The fourth-order valence-corrected chi connectivity index (χ4v) is 2.04. The molecule has 1 aromatic carbocycles. The SMILES string of the molecule is N#CCc1ccc(-n2c(N)nc3cccnc32)cc1. The number of nitriles is 1. The molecule has 19 heavy (non-hydrogen) atoms. The maximum atomic E-state index is 8.66. The van der Waals surface area contributed by atoms with E-state index in [0.29, 0.717) is 12.4 Å². The Labute approximate surface area is 109 Å². The first-order chi connectivity index (χ1) is 9.29. The van der Waals surface area contributed by atoms with Gasteiger partial charge in [-0.2, -0.15) is 5.26 Å². The standard InChI is InChI=1S/C14H11N5/c15-8-7-10-3-5-11(6-4-10)19-13-12(18-14(19)16)2-1-9-17-13/h1-6,9H,7H2,(H2,16,18). The predicted octanol–water partition coefficient (Wildman–Crippen LogP) is 2.07. The number of nitrogens with zero attached hydrogens (tertiary/aromatic N) is 4. The number of hydrogen-bond donors (Lipinski definition) is 1. The minimum atomic E-state index is 0.401. The van der Waals surface area contributed by atoms with Crippen LogP contribution in [-0.4, -0.2) is 14.5 Å². The van der Waals surface area contributed by atoms with Crippen LogP contribution in [0.4, 0.5) is 5.95 Å². The van der Waals surface area contributed by atoms with Crippen molar-refractivity contribution in [3.8, 4) is 11.8 Å². The molecule has 0 saturated carbocycles. The number of pyridine rings is 1. The molecule has 0 saturated heterocycles. The summed E-state index contributed by atoms with van der Waals surface area (Å²) in [6.45, 7) is 0. The molecule has 0 bridgehead atoms. The molecule has 3 aromatic rings. The highest BCUT2D eigenvalue weighted by molar-refractivity contribution is 5.76. The van der Waals surface area contributed by atoms with E-state index in [9.17, 15) is 0 Å². The summed E-state index contributed by atoms with van der Waals surface area (Å²) in [6, 6.07) is 13.5. The molecule has 0 aliphatic heterocycles. The first-order valence-electron chi connectivity index (χ1n) is 5.85. The minimum absolute atomic E-state index is 0.401. The third kappa shape index (κ3) is 1.89. The molecule has 0 unspecified atom stereocenters. The molecule has 92 valence electrons. The van der Waals surface area contributed by atoms with Crippen molar-refractivity contribution in [1.29, 1.82) is 5.26 Å². The van der Waals surface area contributed by atoms with Crippen LogP contribution in [0.3, 0.4) is 0 Å². The Bertz CT molecular complexity index is 765. The molecule has 0 atom stereocenters. The van der Waals surface area contributed by atoms with Crippen LogP contribution < -0.4 is 5.73 Å². The normalized spacial score (nSPS) is 10.5. The largest absolute Gasteiger partial charge is 0.369 e. The van der Waals surface area contributed by atoms with E-state index >= 15 is 0 Å². The van der Waals surface area contributed by atoms with E-state index in [2.05, 4.69) is 16.0 Å². The number of benzene rings is 1. The van der Waals surface area contributed by atoms with Gasteiger partial charge in [0.25, 0.3) is 0 Å². The Hall–Kier alpha value is -2.87. The number of imidazole rings is 1. The molecule has 0 spiro atoms. The number of aromatic nitrogens is 3. The number of nitrogens with two attached hydrogens (primary N) is 1. The first-order valence-corrected chi connectivity index (χ1v) is 5.85. The van der Waals surface area contributed by atoms with Crippen molar-refractivity contribution in [2.45, 2.75) is 6.42 Å². The fraction of sp³-hybridized carbons (Fsp3) is 0.0714. The number of rotatable bonds is 2. The second kappa shape index (κ2) is 4.42. The van der Waals surface area contributed by atoms with Crippen molar-refractivity contribution in [2.75, 3.05) is 5.73 Å². The van der Waals surface area contributed by atoms with Gasteiger partial charge in [0.1, 0.15) is 5.52 Å². The van der Waals surface area contributed by atoms with Crippen LogP contribution in [0.15, 0.2) is 42.6 Å². The Balaban J connectivity index is 2.14. The third-order valence-corrected chi connectivity index (χ3v) is 2.92. The lowest BCUT2D eigenvalue weighted by Gasteiger charge is -2.06. The van der Waals surface area contributed by atoms with Crippen LogP contribution in [0.5, 0.6) is 0 Å². The van der Waals surface area contributed by atoms with Crippen LogP contribution in [0.25, 0.3) is 16.9 Å². The molecule has 0 fully saturated rings. The zero-order valence-electron chi connectivity index (χ0n) is 10.1. The molecular formula is C14H11N5. The zero-order chi connectivity index (χ0) is 13.2. The summed E-state index contributed by atoms with van der Waals surface area (Å²) in [6.07, 6.45) is 2.11. The summed E-state index contributed by atoms with van der Waals surface area (Å²) in [5.74, 6) is 0.404. The van der Waals surface area contributed by atoms with Gasteiger partial charge < -0.3 is 5.73 Å². The average Bonchev–Trinajstić information content (AvgIpc) is 2.76. The second-order valence-corrected chi connectivity index (χ2v) is 4.15. The van der Waals surface area contributed by atoms with Crippen molar-refractivity contribution in [1.82, 2.24) is 14.5 Å². The smallest absolute Gasteiger partial charge is 0.207 e. The van der Waals surface area contributed by atoms with Crippen molar-refractivity contribution in [3.63, 3.8) is 0 Å². The van der Waals surface area contributed by atoms with Gasteiger partial charge in [-0.1, -0.05) is 12.1 Å². The monoisotopic (exact) mass is 249 g/mol. The van der Waals surface area contributed by atoms with Gasteiger partial charge in [0.15, 0.2) is 5.65 Å². The maximum absolute atomic E-state index is 8.66. The number of hydrogen-bond acceptors (Lipinski definition) is 4. The van der Waals surface area contributed by atoms with Gasteiger partial charge >= 0.3 is 0 Å². The minimum Gasteiger partial charge on any atom is -0.369 e. The summed E-state index contributed by atoms with van der Waals surface area (Å²) in [5, 5.41) is 8.66. The van der Waals surface area contributed by atoms with E-state index in [-0.39, 0.29) is 0 Å². The van der Waals surface area contributed by atoms with E-state index in [1.165, 1.54) is 0 Å². The highest BCUT2D eigenvalue weighted by atomic mass is 15.2. The van der Waals surface area contributed by atoms with E-state index < -0.39 is 0 Å². The number of fused-ring (bicyclic) bond motifs is 1. The zero-order valence-corrected chi connectivity index (χ0v) is 10.1. The topological polar surface area (TPSA) is 80.5 Å². The van der Waals surface area contributed by atoms with Crippen molar-refractivity contribution in [3.05, 3.63) is 48.2 Å². The molecule has 2 heterocycles. The van der Waals surface area contributed by atoms with Crippen LogP contribution >= 0.6 is 0 Å². The van der Waals surface area contributed by atoms with Gasteiger partial charge in [0.05, 0.1) is 18.2 Å². The Morgan fingerprint density at radius 1 is 1.21 bits per heavy atom. The lowest BCUT2D eigenvalue weighted by molar-refractivity contribution is 1.08. The number of anilines is 1. The molecule has 0 radical (unpaired) electrons. The van der Waals surface area contributed by atoms with Crippen LogP contribution in [0, 0.1) is 11.3 Å². The average molecular weight is 249 g/mol. The van der Waals surface area contributed by atoms with E-state index in [1.807, 2.05) is 36.4 Å². The Morgan fingerprint density at radius 2 is 2.00 bits per heavy atom. The van der Waals surface area contributed by atoms with Crippen LogP contribution in [-0.2, 0) is 6.42 Å². The van der Waals surface area contributed by atoms with Gasteiger partial charge in [-0.3, -0.25) is 4.57 Å². The Morgan fingerprint density at radius 3 is 2.74 bits per heavy atom. The quantitative estimate of drug-likeness (QED) is 0.753. The summed E-state index contributed by atoms with van der Waals surface area (Å²) < 4.78 is 1.80. The van der Waals surface area contributed by atoms with Gasteiger partial charge in [-0.25, -0.2) is 9.97 Å². The molecule has 0 aliphatic rings. The van der Waals surface area contributed by atoms with Gasteiger partial charge in [0, 0.05) is 6.20 Å². The van der Waals surface area contributed by atoms with Gasteiger partial charge in [-0.05, 0) is 29.8 Å². The van der Waals surface area contributed by atoms with Crippen molar-refractivity contribution >= 4 is 17.1 Å². The van der Waals surface area contributed by atoms with E-state index in [0.717, 1.165) is 22.4 Å². The highest BCUT2D eigenvalue weighted by Crippen LogP contribution is 2.21. The van der Waals surface area contributed by atoms with Gasteiger partial charge in [-0.15, -0.1) is 0 Å². The molecule has 5 nitrogen and oxygen atoms in total. The summed E-state index contributed by atoms with van der Waals surface area (Å²) in [4.78, 5) is 8.58. The second-order valence-electron chi connectivity index (χ2n) is 4.15. The third-order valence-electron chi connectivity index (χ3n) is 2.92. The molecule has 2 aromatic heterocycles. The summed E-state index contributed by atoms with van der Waals surface area (Å²) in [5.41, 5.74) is 9.30. The van der Waals surface area contributed by atoms with E-state index in [4.69, 9.17) is 11.0 Å². The molecule has 3 rings (SSSR count). The molecular weight excluding hydrogens is 238 g/mol. The van der Waals surface area contributed by atoms with E-state index in [1.54, 1.807) is 10.8 Å². The highest BCUT2D eigenvalue weighted by Gasteiger charge is 2.10. The number of nitrogen functional groups attached to an aromatic ring is 1. The maximum Gasteiger partial charge on any atom is 0.207 e. The summed E-state index contributed by atoms with van der Waals surface area (Å²) in [7, 11) is 0. The van der Waals surface area contributed by atoms with Crippen molar-refractivity contribution < 1.29 is 0 Å². The molecule has 2 N–H and O–H groups in total. The lowest BCUT2D eigenvalue weighted by atomic mass is 10.1.